The fourth-order valence-corrected chi connectivity index (χ4v) is 4.49. The third-order valence-corrected chi connectivity index (χ3v) is 5.78. The van der Waals surface area contributed by atoms with Crippen LogP contribution in [0.4, 0.5) is 13.8 Å². The summed E-state index contributed by atoms with van der Waals surface area (Å²) in [6, 6.07) is 2.51. The molecule has 0 saturated heterocycles. The summed E-state index contributed by atoms with van der Waals surface area (Å²) in [4.78, 5) is 48.4. The highest BCUT2D eigenvalue weighted by molar-refractivity contribution is 7.17. The second-order valence-corrected chi connectivity index (χ2v) is 7.87. The number of carbonyl (C=O) groups excluding carboxylic acids is 4. The van der Waals surface area contributed by atoms with E-state index in [1.807, 2.05) is 0 Å². The quantitative estimate of drug-likeness (QED) is 0.529. The summed E-state index contributed by atoms with van der Waals surface area (Å²) in [5, 5.41) is 5.19. The molecule has 11 heteroatoms. The average molecular weight is 451 g/mol. The predicted molar refractivity (Wildman–Crippen MR) is 108 cm³/mol. The van der Waals surface area contributed by atoms with Crippen LogP contribution < -0.4 is 16.4 Å². The minimum Gasteiger partial charge on any atom is -0.456 e. The Morgan fingerprint density at radius 2 is 1.94 bits per heavy atom. The Kier molecular flexibility index (Phi) is 6.95. The molecule has 1 aromatic heterocycles. The van der Waals surface area contributed by atoms with Gasteiger partial charge in [0.05, 0.1) is 17.5 Å². The van der Waals surface area contributed by atoms with Gasteiger partial charge in [0.15, 0.2) is 6.61 Å². The van der Waals surface area contributed by atoms with Gasteiger partial charge in [-0.2, -0.15) is 0 Å². The molecule has 0 saturated carbocycles. The molecule has 0 atom stereocenters. The Morgan fingerprint density at radius 3 is 2.65 bits per heavy atom. The number of carbonyl (C=O) groups is 4. The van der Waals surface area contributed by atoms with E-state index in [0.717, 1.165) is 41.8 Å². The molecule has 0 aliphatic heterocycles. The van der Waals surface area contributed by atoms with Crippen molar-refractivity contribution >= 4 is 40.0 Å². The standard InChI is InChI=1S/C20H19F2N3O5S/c21-10-4-5-11(13(22)8-10)19(29)24-7-6-16(27)30-9-15(26)25-20-17(18(23)28)12-2-1-3-14(12)31-20/h4-5,8H,1-3,6-7,9H2,(H2,23,28)(H,24,29)(H,25,26). The maximum Gasteiger partial charge on any atom is 0.308 e. The number of amides is 3. The molecule has 1 aliphatic carbocycles. The maximum atomic E-state index is 13.5. The lowest BCUT2D eigenvalue weighted by atomic mass is 10.1. The molecular weight excluding hydrogens is 432 g/mol. The Hall–Kier alpha value is -3.34. The van der Waals surface area contributed by atoms with Crippen molar-refractivity contribution in [1.82, 2.24) is 5.32 Å². The minimum absolute atomic E-state index is 0.167. The molecular formula is C20H19F2N3O5S. The number of nitrogens with two attached hydrogens (primary N) is 1. The summed E-state index contributed by atoms with van der Waals surface area (Å²) in [6.07, 6.45) is 2.21. The largest absolute Gasteiger partial charge is 0.456 e. The van der Waals surface area contributed by atoms with E-state index in [2.05, 4.69) is 10.6 Å². The van der Waals surface area contributed by atoms with Crippen molar-refractivity contribution in [3.05, 3.63) is 51.4 Å². The number of hydrogen-bond acceptors (Lipinski definition) is 6. The molecule has 31 heavy (non-hydrogen) atoms. The van der Waals surface area contributed by atoms with Crippen LogP contribution in [0.5, 0.6) is 0 Å². The van der Waals surface area contributed by atoms with Crippen LogP contribution in [0.15, 0.2) is 18.2 Å². The Morgan fingerprint density at radius 1 is 1.16 bits per heavy atom. The number of hydrogen-bond donors (Lipinski definition) is 3. The molecule has 0 fully saturated rings. The second-order valence-electron chi connectivity index (χ2n) is 6.76. The number of halogens is 2. The normalized spacial score (nSPS) is 12.2. The lowest BCUT2D eigenvalue weighted by molar-refractivity contribution is -0.147. The SMILES string of the molecule is NC(=O)c1c(NC(=O)COC(=O)CCNC(=O)c2ccc(F)cc2F)sc2c1CCC2. The number of ether oxygens (including phenoxy) is 1. The number of fused-ring (bicyclic) bond motifs is 1. The Labute approximate surface area is 179 Å². The number of aryl methyl sites for hydroxylation is 1. The number of nitrogens with one attached hydrogen (secondary N) is 2. The van der Waals surface area contributed by atoms with Crippen molar-refractivity contribution in [1.29, 1.82) is 0 Å². The molecule has 0 unspecified atom stereocenters. The average Bonchev–Trinajstić information content (AvgIpc) is 3.26. The first-order chi connectivity index (χ1) is 14.8. The van der Waals surface area contributed by atoms with E-state index >= 15 is 0 Å². The van der Waals surface area contributed by atoms with E-state index < -0.39 is 41.9 Å². The molecule has 4 N–H and O–H groups in total. The van der Waals surface area contributed by atoms with Crippen LogP contribution in [0, 0.1) is 11.6 Å². The van der Waals surface area contributed by atoms with Crippen LogP contribution >= 0.6 is 11.3 Å². The van der Waals surface area contributed by atoms with E-state index in [0.29, 0.717) is 16.6 Å². The van der Waals surface area contributed by atoms with Gasteiger partial charge in [0.1, 0.15) is 16.6 Å². The van der Waals surface area contributed by atoms with E-state index in [9.17, 15) is 28.0 Å². The van der Waals surface area contributed by atoms with Crippen molar-refractivity contribution in [2.75, 3.05) is 18.5 Å². The number of benzene rings is 1. The van der Waals surface area contributed by atoms with Crippen molar-refractivity contribution < 1.29 is 32.7 Å². The summed E-state index contributed by atoms with van der Waals surface area (Å²) >= 11 is 1.28. The van der Waals surface area contributed by atoms with Crippen LogP contribution in [-0.4, -0.2) is 36.8 Å². The van der Waals surface area contributed by atoms with Crippen LogP contribution in [0.1, 0.15) is 44.0 Å². The predicted octanol–water partition coefficient (Wildman–Crippen LogP) is 1.92. The lowest BCUT2D eigenvalue weighted by Gasteiger charge is -2.08. The number of esters is 1. The van der Waals surface area contributed by atoms with Crippen LogP contribution in [0.2, 0.25) is 0 Å². The van der Waals surface area contributed by atoms with Gasteiger partial charge in [0.25, 0.3) is 17.7 Å². The second kappa shape index (κ2) is 9.65. The summed E-state index contributed by atoms with van der Waals surface area (Å²) < 4.78 is 31.3. The van der Waals surface area contributed by atoms with Gasteiger partial charge in [-0.15, -0.1) is 11.3 Å². The molecule has 2 aromatic rings. The van der Waals surface area contributed by atoms with Crippen molar-refractivity contribution in [3.63, 3.8) is 0 Å². The summed E-state index contributed by atoms with van der Waals surface area (Å²) in [7, 11) is 0. The number of primary amides is 1. The van der Waals surface area contributed by atoms with Gasteiger partial charge < -0.3 is 21.1 Å². The molecule has 1 aromatic carbocycles. The fraction of sp³-hybridized carbons (Fsp3) is 0.300. The van der Waals surface area contributed by atoms with Crippen molar-refractivity contribution in [2.24, 2.45) is 5.73 Å². The zero-order valence-corrected chi connectivity index (χ0v) is 17.1. The van der Waals surface area contributed by atoms with E-state index in [-0.39, 0.29) is 18.5 Å². The lowest BCUT2D eigenvalue weighted by Crippen LogP contribution is -2.28. The van der Waals surface area contributed by atoms with E-state index in [1.165, 1.54) is 11.3 Å². The molecule has 0 radical (unpaired) electrons. The minimum atomic E-state index is -1.02. The molecule has 1 aliphatic rings. The molecule has 3 amide bonds. The number of thiophene rings is 1. The van der Waals surface area contributed by atoms with Gasteiger partial charge in [-0.1, -0.05) is 0 Å². The molecule has 164 valence electrons. The highest BCUT2D eigenvalue weighted by Crippen LogP contribution is 2.38. The topological polar surface area (TPSA) is 128 Å². The van der Waals surface area contributed by atoms with Crippen molar-refractivity contribution in [2.45, 2.75) is 25.7 Å². The van der Waals surface area contributed by atoms with Gasteiger partial charge in [0, 0.05) is 17.5 Å². The fourth-order valence-electron chi connectivity index (χ4n) is 3.18. The highest BCUT2D eigenvalue weighted by atomic mass is 32.1. The summed E-state index contributed by atoms with van der Waals surface area (Å²) in [5.41, 5.74) is 6.22. The Balaban J connectivity index is 1.43. The van der Waals surface area contributed by atoms with Crippen LogP contribution in [0.3, 0.4) is 0 Å². The zero-order chi connectivity index (χ0) is 22.5. The van der Waals surface area contributed by atoms with Gasteiger partial charge in [0.2, 0.25) is 0 Å². The molecule has 0 bridgehead atoms. The maximum absolute atomic E-state index is 13.5. The molecule has 8 nitrogen and oxygen atoms in total. The van der Waals surface area contributed by atoms with Crippen molar-refractivity contribution in [3.8, 4) is 0 Å². The first-order valence-electron chi connectivity index (χ1n) is 9.39. The first kappa shape index (κ1) is 22.3. The number of rotatable bonds is 8. The summed E-state index contributed by atoms with van der Waals surface area (Å²) in [5.74, 6) is -4.67. The van der Waals surface area contributed by atoms with E-state index in [1.54, 1.807) is 0 Å². The molecule has 0 spiro atoms. The first-order valence-corrected chi connectivity index (χ1v) is 10.2. The van der Waals surface area contributed by atoms with Gasteiger partial charge >= 0.3 is 5.97 Å². The summed E-state index contributed by atoms with van der Waals surface area (Å²) in [6.45, 7) is -0.750. The third-order valence-electron chi connectivity index (χ3n) is 4.58. The third kappa shape index (κ3) is 5.43. The van der Waals surface area contributed by atoms with Gasteiger partial charge in [-0.05, 0) is 37.0 Å². The van der Waals surface area contributed by atoms with Crippen LogP contribution in [-0.2, 0) is 27.2 Å². The molecule has 3 rings (SSSR count). The highest BCUT2D eigenvalue weighted by Gasteiger charge is 2.26. The van der Waals surface area contributed by atoms with Gasteiger partial charge in [-0.25, -0.2) is 8.78 Å². The van der Waals surface area contributed by atoms with Gasteiger partial charge in [-0.3, -0.25) is 19.2 Å². The zero-order valence-electron chi connectivity index (χ0n) is 16.3. The molecule has 1 heterocycles. The van der Waals surface area contributed by atoms with E-state index in [4.69, 9.17) is 10.5 Å². The van der Waals surface area contributed by atoms with Crippen LogP contribution in [0.25, 0.3) is 0 Å². The monoisotopic (exact) mass is 451 g/mol. The number of anilines is 1. The smallest absolute Gasteiger partial charge is 0.308 e. The Bertz CT molecular complexity index is 1050.